The average molecular weight is 299 g/mol. The largest absolute Gasteiger partial charge is 0.497 e. The molecule has 2 rings (SSSR count). The lowest BCUT2D eigenvalue weighted by Gasteiger charge is -2.32. The maximum Gasteiger partial charge on any atom is 0.227 e. The van der Waals surface area contributed by atoms with Crippen molar-refractivity contribution in [3.63, 3.8) is 0 Å². The Balaban J connectivity index is 0.00000200. The molecular formula is C15H23ClN2O2. The fourth-order valence-corrected chi connectivity index (χ4v) is 2.43. The van der Waals surface area contributed by atoms with Gasteiger partial charge in [0.2, 0.25) is 5.91 Å². The van der Waals surface area contributed by atoms with E-state index < -0.39 is 0 Å². The van der Waals surface area contributed by atoms with E-state index in [0.29, 0.717) is 6.54 Å². The molecule has 2 N–H and O–H groups in total. The van der Waals surface area contributed by atoms with Crippen molar-refractivity contribution in [1.29, 1.82) is 0 Å². The summed E-state index contributed by atoms with van der Waals surface area (Å²) in [5.74, 6) is 0.944. The molecule has 5 heteroatoms. The Bertz CT molecular complexity index is 445. The van der Waals surface area contributed by atoms with Gasteiger partial charge < -0.3 is 15.4 Å². The van der Waals surface area contributed by atoms with E-state index in [1.54, 1.807) is 7.11 Å². The number of amides is 1. The van der Waals surface area contributed by atoms with E-state index in [9.17, 15) is 4.79 Å². The van der Waals surface area contributed by atoms with Gasteiger partial charge in [0, 0.05) is 13.1 Å². The van der Waals surface area contributed by atoms with Gasteiger partial charge in [-0.1, -0.05) is 12.1 Å². The molecule has 1 aliphatic heterocycles. The zero-order valence-corrected chi connectivity index (χ0v) is 12.9. The van der Waals surface area contributed by atoms with Crippen LogP contribution in [-0.4, -0.2) is 26.1 Å². The van der Waals surface area contributed by atoms with Crippen molar-refractivity contribution < 1.29 is 9.53 Å². The lowest BCUT2D eigenvalue weighted by Crippen LogP contribution is -2.48. The standard InChI is InChI=1S/C15H22N2O2.ClH/c1-15(7-4-8-16-11-15)14(18)17-10-12-5-3-6-13(9-12)19-2;/h3,5-6,9,16H,4,7-8,10-11H2,1-2H3,(H,17,18);1H. The van der Waals surface area contributed by atoms with Crippen LogP contribution in [-0.2, 0) is 11.3 Å². The molecule has 1 atom stereocenters. The topological polar surface area (TPSA) is 50.4 Å². The summed E-state index contributed by atoms with van der Waals surface area (Å²) < 4.78 is 5.18. The Hall–Kier alpha value is -1.26. The highest BCUT2D eigenvalue weighted by molar-refractivity contribution is 5.85. The molecule has 1 aromatic rings. The molecule has 0 radical (unpaired) electrons. The number of methoxy groups -OCH3 is 1. The van der Waals surface area contributed by atoms with Crippen LogP contribution in [0.4, 0.5) is 0 Å². The van der Waals surface area contributed by atoms with E-state index in [1.165, 1.54) is 0 Å². The average Bonchev–Trinajstić information content (AvgIpc) is 2.45. The van der Waals surface area contributed by atoms with Crippen molar-refractivity contribution in [3.05, 3.63) is 29.8 Å². The molecule has 1 fully saturated rings. The summed E-state index contributed by atoms with van der Waals surface area (Å²) in [5.41, 5.74) is 0.775. The normalized spacial score (nSPS) is 21.7. The number of hydrogen-bond donors (Lipinski definition) is 2. The van der Waals surface area contributed by atoms with Gasteiger partial charge in [-0.3, -0.25) is 4.79 Å². The number of halogens is 1. The summed E-state index contributed by atoms with van der Waals surface area (Å²) in [7, 11) is 1.65. The predicted molar refractivity (Wildman–Crippen MR) is 82.3 cm³/mol. The second-order valence-electron chi connectivity index (χ2n) is 5.38. The number of rotatable bonds is 4. The minimum Gasteiger partial charge on any atom is -0.497 e. The first-order valence-corrected chi connectivity index (χ1v) is 6.76. The number of piperidine rings is 1. The van der Waals surface area contributed by atoms with Gasteiger partial charge in [-0.05, 0) is 44.0 Å². The minimum atomic E-state index is -0.281. The van der Waals surface area contributed by atoms with E-state index in [2.05, 4.69) is 10.6 Å². The second-order valence-corrected chi connectivity index (χ2v) is 5.38. The van der Waals surface area contributed by atoms with Crippen LogP contribution in [0.25, 0.3) is 0 Å². The Kier molecular flexibility index (Phi) is 6.30. The van der Waals surface area contributed by atoms with Crippen LogP contribution < -0.4 is 15.4 Å². The third kappa shape index (κ3) is 4.12. The molecule has 112 valence electrons. The number of ether oxygens (including phenoxy) is 1. The molecule has 1 aliphatic rings. The van der Waals surface area contributed by atoms with Gasteiger partial charge in [0.25, 0.3) is 0 Å². The Morgan fingerprint density at radius 3 is 2.95 bits per heavy atom. The number of carbonyl (C=O) groups excluding carboxylic acids is 1. The molecule has 0 saturated carbocycles. The summed E-state index contributed by atoms with van der Waals surface area (Å²) >= 11 is 0. The van der Waals surface area contributed by atoms with Crippen molar-refractivity contribution in [2.45, 2.75) is 26.3 Å². The van der Waals surface area contributed by atoms with Crippen LogP contribution >= 0.6 is 12.4 Å². The Morgan fingerprint density at radius 2 is 2.30 bits per heavy atom. The molecule has 0 bridgehead atoms. The van der Waals surface area contributed by atoms with Crippen LogP contribution in [0.2, 0.25) is 0 Å². The van der Waals surface area contributed by atoms with Gasteiger partial charge in [-0.2, -0.15) is 0 Å². The van der Waals surface area contributed by atoms with E-state index in [0.717, 1.165) is 37.2 Å². The highest BCUT2D eigenvalue weighted by atomic mass is 35.5. The molecule has 0 spiro atoms. The Labute approximate surface area is 126 Å². The Morgan fingerprint density at radius 1 is 1.50 bits per heavy atom. The molecule has 4 nitrogen and oxygen atoms in total. The second kappa shape index (κ2) is 7.50. The van der Waals surface area contributed by atoms with Crippen molar-refractivity contribution in [2.24, 2.45) is 5.41 Å². The molecule has 20 heavy (non-hydrogen) atoms. The van der Waals surface area contributed by atoms with E-state index in [-0.39, 0.29) is 23.7 Å². The van der Waals surface area contributed by atoms with Gasteiger partial charge in [0.1, 0.15) is 5.75 Å². The fraction of sp³-hybridized carbons (Fsp3) is 0.533. The highest BCUT2D eigenvalue weighted by Gasteiger charge is 2.34. The smallest absolute Gasteiger partial charge is 0.227 e. The van der Waals surface area contributed by atoms with E-state index in [4.69, 9.17) is 4.74 Å². The molecule has 1 saturated heterocycles. The maximum atomic E-state index is 12.3. The van der Waals surface area contributed by atoms with Gasteiger partial charge in [-0.15, -0.1) is 12.4 Å². The summed E-state index contributed by atoms with van der Waals surface area (Å²) in [6, 6.07) is 7.77. The first-order chi connectivity index (χ1) is 9.14. The lowest BCUT2D eigenvalue weighted by atomic mass is 9.82. The number of hydrogen-bond acceptors (Lipinski definition) is 3. The zero-order valence-electron chi connectivity index (χ0n) is 12.1. The molecular weight excluding hydrogens is 276 g/mol. The highest BCUT2D eigenvalue weighted by Crippen LogP contribution is 2.25. The van der Waals surface area contributed by atoms with Gasteiger partial charge in [0.15, 0.2) is 0 Å². The van der Waals surface area contributed by atoms with Crippen LogP contribution in [0.1, 0.15) is 25.3 Å². The third-order valence-electron chi connectivity index (χ3n) is 3.73. The SMILES string of the molecule is COc1cccc(CNC(=O)C2(C)CCCNC2)c1.Cl. The minimum absolute atomic E-state index is 0. The molecule has 1 unspecified atom stereocenters. The third-order valence-corrected chi connectivity index (χ3v) is 3.73. The van der Waals surface area contributed by atoms with Crippen LogP contribution in [0.15, 0.2) is 24.3 Å². The van der Waals surface area contributed by atoms with Crippen molar-refractivity contribution in [2.75, 3.05) is 20.2 Å². The number of benzene rings is 1. The van der Waals surface area contributed by atoms with Gasteiger partial charge >= 0.3 is 0 Å². The van der Waals surface area contributed by atoms with Crippen molar-refractivity contribution in [1.82, 2.24) is 10.6 Å². The summed E-state index contributed by atoms with van der Waals surface area (Å²) in [5, 5.41) is 6.32. The lowest BCUT2D eigenvalue weighted by molar-refractivity contribution is -0.131. The summed E-state index contributed by atoms with van der Waals surface area (Å²) in [4.78, 5) is 12.3. The van der Waals surface area contributed by atoms with E-state index in [1.807, 2.05) is 31.2 Å². The van der Waals surface area contributed by atoms with Crippen molar-refractivity contribution >= 4 is 18.3 Å². The molecule has 0 aromatic heterocycles. The number of nitrogens with one attached hydrogen (secondary N) is 2. The van der Waals surface area contributed by atoms with E-state index >= 15 is 0 Å². The van der Waals surface area contributed by atoms with Crippen molar-refractivity contribution in [3.8, 4) is 5.75 Å². The zero-order chi connectivity index (χ0) is 13.7. The summed E-state index contributed by atoms with van der Waals surface area (Å²) in [6.45, 7) is 4.35. The first kappa shape index (κ1) is 16.8. The fourth-order valence-electron chi connectivity index (χ4n) is 2.43. The monoisotopic (exact) mass is 298 g/mol. The first-order valence-electron chi connectivity index (χ1n) is 6.76. The quantitative estimate of drug-likeness (QED) is 0.895. The maximum absolute atomic E-state index is 12.3. The number of carbonyl (C=O) groups is 1. The molecule has 1 aromatic carbocycles. The van der Waals surface area contributed by atoms with Crippen LogP contribution in [0.3, 0.4) is 0 Å². The molecule has 1 amide bonds. The molecule has 0 aliphatic carbocycles. The summed E-state index contributed by atoms with van der Waals surface area (Å²) in [6.07, 6.45) is 2.01. The van der Waals surface area contributed by atoms with Crippen LogP contribution in [0, 0.1) is 5.41 Å². The van der Waals surface area contributed by atoms with Gasteiger partial charge in [-0.25, -0.2) is 0 Å². The van der Waals surface area contributed by atoms with Crippen LogP contribution in [0.5, 0.6) is 5.75 Å². The molecule has 1 heterocycles. The van der Waals surface area contributed by atoms with Gasteiger partial charge in [0.05, 0.1) is 12.5 Å². The predicted octanol–water partition coefficient (Wildman–Crippen LogP) is 2.12.